The molecule has 1 saturated heterocycles. The van der Waals surface area contributed by atoms with Gasteiger partial charge in [0.05, 0.1) is 6.61 Å². The number of cyclic esters (lactones) is 1. The van der Waals surface area contributed by atoms with Crippen molar-refractivity contribution in [1.29, 1.82) is 0 Å². The molecule has 4 nitrogen and oxygen atoms in total. The molecule has 1 aliphatic rings. The third-order valence-corrected chi connectivity index (χ3v) is 5.62. The Balaban J connectivity index is 1.94. The largest absolute Gasteiger partial charge is 0.456 e. The minimum Gasteiger partial charge on any atom is -0.456 e. The molecule has 1 fully saturated rings. The van der Waals surface area contributed by atoms with E-state index in [0.29, 0.717) is 6.42 Å². The number of carbonyl (C=O) groups is 1. The highest BCUT2D eigenvalue weighted by molar-refractivity contribution is 5.76. The summed E-state index contributed by atoms with van der Waals surface area (Å²) in [5.74, 6) is -1.24. The van der Waals surface area contributed by atoms with Gasteiger partial charge < -0.3 is 14.9 Å². The highest BCUT2D eigenvalue weighted by atomic mass is 16.6. The zero-order valence-corrected chi connectivity index (χ0v) is 16.5. The molecule has 1 unspecified atom stereocenters. The summed E-state index contributed by atoms with van der Waals surface area (Å²) in [6.07, 6.45) is 16.7. The van der Waals surface area contributed by atoms with Gasteiger partial charge in [0.25, 0.3) is 0 Å². The van der Waals surface area contributed by atoms with Gasteiger partial charge in [0.15, 0.2) is 0 Å². The van der Waals surface area contributed by atoms with Gasteiger partial charge in [0.2, 0.25) is 0 Å². The van der Waals surface area contributed by atoms with Gasteiger partial charge in [0, 0.05) is 0 Å². The topological polar surface area (TPSA) is 66.8 Å². The van der Waals surface area contributed by atoms with Crippen molar-refractivity contribution in [3.05, 3.63) is 0 Å². The summed E-state index contributed by atoms with van der Waals surface area (Å²) < 4.78 is 5.32. The second kappa shape index (κ2) is 12.7. The van der Waals surface area contributed by atoms with Crippen LogP contribution in [0.2, 0.25) is 0 Å². The van der Waals surface area contributed by atoms with Crippen molar-refractivity contribution in [1.82, 2.24) is 0 Å². The smallest absolute Gasteiger partial charge is 0.314 e. The fourth-order valence-electron chi connectivity index (χ4n) is 3.79. The predicted octanol–water partition coefficient (Wildman–Crippen LogP) is 4.75. The molecule has 0 radical (unpaired) electrons. The maximum atomic E-state index is 11.6. The molecular formula is C21H40O4. The van der Waals surface area contributed by atoms with Crippen LogP contribution in [0.5, 0.6) is 0 Å². The van der Waals surface area contributed by atoms with Crippen LogP contribution in [0.1, 0.15) is 104 Å². The van der Waals surface area contributed by atoms with Crippen molar-refractivity contribution < 1.29 is 19.7 Å². The summed E-state index contributed by atoms with van der Waals surface area (Å²) in [6, 6.07) is 0. The Bertz CT molecular complexity index is 358. The van der Waals surface area contributed by atoms with E-state index in [9.17, 15) is 9.90 Å². The lowest BCUT2D eigenvalue weighted by Crippen LogP contribution is -2.39. The van der Waals surface area contributed by atoms with E-state index >= 15 is 0 Å². The summed E-state index contributed by atoms with van der Waals surface area (Å²) in [4.78, 5) is 11.6. The minimum atomic E-state index is -0.887. The van der Waals surface area contributed by atoms with Crippen LogP contribution in [0, 0.1) is 5.92 Å². The Labute approximate surface area is 154 Å². The molecule has 0 aromatic heterocycles. The Kier molecular flexibility index (Phi) is 11.4. The van der Waals surface area contributed by atoms with Crippen LogP contribution in [0.15, 0.2) is 0 Å². The van der Waals surface area contributed by atoms with Gasteiger partial charge in [-0.1, -0.05) is 84.0 Å². The highest BCUT2D eigenvalue weighted by Gasteiger charge is 2.51. The summed E-state index contributed by atoms with van der Waals surface area (Å²) >= 11 is 0. The second-order valence-corrected chi connectivity index (χ2v) is 7.96. The third-order valence-electron chi connectivity index (χ3n) is 5.62. The van der Waals surface area contributed by atoms with Gasteiger partial charge >= 0.3 is 5.97 Å². The van der Waals surface area contributed by atoms with Crippen molar-refractivity contribution in [3.63, 3.8) is 0 Å². The van der Waals surface area contributed by atoms with E-state index in [1.807, 2.05) is 0 Å². The number of rotatable bonds is 15. The third kappa shape index (κ3) is 8.08. The Morgan fingerprint density at radius 2 is 1.32 bits per heavy atom. The monoisotopic (exact) mass is 356 g/mol. The van der Waals surface area contributed by atoms with E-state index in [4.69, 9.17) is 9.84 Å². The molecule has 1 rings (SSSR count). The van der Waals surface area contributed by atoms with Crippen LogP contribution >= 0.6 is 0 Å². The number of unbranched alkanes of at least 4 members (excludes halogenated alkanes) is 12. The number of aliphatic hydroxyl groups excluding tert-OH is 2. The van der Waals surface area contributed by atoms with E-state index in [1.54, 1.807) is 6.92 Å². The lowest BCUT2D eigenvalue weighted by molar-refractivity contribution is -0.151. The number of carbonyl (C=O) groups excluding carboxylic acids is 1. The molecule has 0 aromatic carbocycles. The molecule has 0 amide bonds. The first-order valence-electron chi connectivity index (χ1n) is 10.6. The van der Waals surface area contributed by atoms with Crippen molar-refractivity contribution in [3.8, 4) is 0 Å². The molecule has 0 aliphatic carbocycles. The van der Waals surface area contributed by atoms with Gasteiger partial charge in [0.1, 0.15) is 17.6 Å². The van der Waals surface area contributed by atoms with Crippen molar-refractivity contribution in [2.75, 3.05) is 6.61 Å². The van der Waals surface area contributed by atoms with Crippen LogP contribution in [0.3, 0.4) is 0 Å². The normalized spacial score (nSPS) is 26.2. The first-order chi connectivity index (χ1) is 12.0. The van der Waals surface area contributed by atoms with Gasteiger partial charge in [-0.05, 0) is 19.8 Å². The molecule has 1 heterocycles. The summed E-state index contributed by atoms with van der Waals surface area (Å²) in [7, 11) is 0. The summed E-state index contributed by atoms with van der Waals surface area (Å²) in [5, 5.41) is 19.3. The molecule has 4 heteroatoms. The fraction of sp³-hybridized carbons (Fsp3) is 0.952. The quantitative estimate of drug-likeness (QED) is 0.328. The average Bonchev–Trinajstić information content (AvgIpc) is 2.80. The van der Waals surface area contributed by atoms with Gasteiger partial charge in [-0.2, -0.15) is 0 Å². The SMILES string of the molecule is CCCCCCCCCCCCCCC[C@@]1(C)OC(=O)[C@@H](CO)C1O. The van der Waals surface area contributed by atoms with E-state index < -0.39 is 23.6 Å². The molecule has 2 N–H and O–H groups in total. The standard InChI is InChI=1S/C21H40O4/c1-3-4-5-6-7-8-9-10-11-12-13-14-15-16-21(2)19(23)18(17-22)20(24)25-21/h18-19,22-23H,3-17H2,1-2H3/t18-,19?,21+/m0/s1. The molecule has 0 spiro atoms. The lowest BCUT2D eigenvalue weighted by Gasteiger charge is -2.27. The Morgan fingerprint density at radius 1 is 0.880 bits per heavy atom. The highest BCUT2D eigenvalue weighted by Crippen LogP contribution is 2.35. The molecule has 148 valence electrons. The van der Waals surface area contributed by atoms with Crippen molar-refractivity contribution in [2.24, 2.45) is 5.92 Å². The van der Waals surface area contributed by atoms with Crippen LogP contribution in [0.4, 0.5) is 0 Å². The molecule has 1 aliphatic heterocycles. The van der Waals surface area contributed by atoms with E-state index in [-0.39, 0.29) is 6.61 Å². The minimum absolute atomic E-state index is 0.339. The lowest BCUT2D eigenvalue weighted by atomic mass is 9.87. The molecule has 0 saturated carbocycles. The number of esters is 1. The van der Waals surface area contributed by atoms with Crippen LogP contribution in [-0.4, -0.2) is 34.5 Å². The van der Waals surface area contributed by atoms with Crippen molar-refractivity contribution in [2.45, 2.75) is 115 Å². The van der Waals surface area contributed by atoms with E-state index in [1.165, 1.54) is 70.6 Å². The molecular weight excluding hydrogens is 316 g/mol. The van der Waals surface area contributed by atoms with Crippen molar-refractivity contribution >= 4 is 5.97 Å². The van der Waals surface area contributed by atoms with Crippen LogP contribution in [0.25, 0.3) is 0 Å². The second-order valence-electron chi connectivity index (χ2n) is 7.96. The van der Waals surface area contributed by atoms with Gasteiger partial charge in [-0.25, -0.2) is 0 Å². The molecule has 25 heavy (non-hydrogen) atoms. The van der Waals surface area contributed by atoms with E-state index in [0.717, 1.165) is 12.8 Å². The predicted molar refractivity (Wildman–Crippen MR) is 101 cm³/mol. The van der Waals surface area contributed by atoms with Gasteiger partial charge in [-0.3, -0.25) is 4.79 Å². The number of ether oxygens (including phenoxy) is 1. The summed E-state index contributed by atoms with van der Waals surface area (Å²) in [6.45, 7) is 3.70. The number of hydrogen-bond acceptors (Lipinski definition) is 4. The first-order valence-corrected chi connectivity index (χ1v) is 10.6. The van der Waals surface area contributed by atoms with Crippen LogP contribution in [-0.2, 0) is 9.53 Å². The number of hydrogen-bond donors (Lipinski definition) is 2. The molecule has 0 aromatic rings. The average molecular weight is 357 g/mol. The van der Waals surface area contributed by atoms with Gasteiger partial charge in [-0.15, -0.1) is 0 Å². The van der Waals surface area contributed by atoms with Crippen LogP contribution < -0.4 is 0 Å². The van der Waals surface area contributed by atoms with E-state index in [2.05, 4.69) is 6.92 Å². The molecule has 3 atom stereocenters. The Morgan fingerprint density at radius 3 is 1.72 bits per heavy atom. The maximum absolute atomic E-state index is 11.6. The number of aliphatic hydroxyl groups is 2. The zero-order valence-electron chi connectivity index (χ0n) is 16.5. The zero-order chi connectivity index (χ0) is 18.5. The molecule has 0 bridgehead atoms. The first kappa shape index (κ1) is 22.4. The fourth-order valence-corrected chi connectivity index (χ4v) is 3.79. The Hall–Kier alpha value is -0.610. The maximum Gasteiger partial charge on any atom is 0.314 e. The summed E-state index contributed by atoms with van der Waals surface area (Å²) in [5.41, 5.74) is -0.817.